The Kier molecular flexibility index (Phi) is 7.22. The molecule has 0 saturated carbocycles. The Morgan fingerprint density at radius 1 is 1.14 bits per heavy atom. The van der Waals surface area contributed by atoms with Gasteiger partial charge in [-0.1, -0.05) is 18.2 Å². The lowest BCUT2D eigenvalue weighted by molar-refractivity contribution is -0.275. The molecule has 0 aliphatic rings. The fourth-order valence-electron chi connectivity index (χ4n) is 2.47. The van der Waals surface area contributed by atoms with E-state index >= 15 is 0 Å². The van der Waals surface area contributed by atoms with E-state index in [-0.39, 0.29) is 36.1 Å². The van der Waals surface area contributed by atoms with Crippen molar-refractivity contribution in [2.75, 3.05) is 18.9 Å². The normalized spacial score (nSPS) is 12.1. The van der Waals surface area contributed by atoms with Crippen LogP contribution in [0.1, 0.15) is 12.0 Å². The largest absolute Gasteiger partial charge is 0.573 e. The third-order valence-electron chi connectivity index (χ3n) is 3.83. The Bertz CT molecular complexity index is 948. The zero-order valence-corrected chi connectivity index (χ0v) is 16.3. The van der Waals surface area contributed by atoms with E-state index < -0.39 is 16.4 Å². The van der Waals surface area contributed by atoms with Gasteiger partial charge in [0.2, 0.25) is 15.9 Å². The van der Waals surface area contributed by atoms with Gasteiger partial charge in [0.05, 0.1) is 4.90 Å². The molecule has 0 saturated heterocycles. The fourth-order valence-corrected chi connectivity index (χ4v) is 2.99. The van der Waals surface area contributed by atoms with Crippen molar-refractivity contribution < 1.29 is 31.1 Å². The van der Waals surface area contributed by atoms with Gasteiger partial charge < -0.3 is 15.0 Å². The first-order valence-corrected chi connectivity index (χ1v) is 9.93. The van der Waals surface area contributed by atoms with Gasteiger partial charge in [-0.3, -0.25) is 4.79 Å². The Morgan fingerprint density at radius 2 is 1.76 bits per heavy atom. The number of nitrogens with one attached hydrogen (secondary N) is 1. The van der Waals surface area contributed by atoms with Crippen molar-refractivity contribution >= 4 is 21.6 Å². The van der Waals surface area contributed by atoms with Crippen LogP contribution in [0.2, 0.25) is 0 Å². The first-order chi connectivity index (χ1) is 13.4. The average molecular weight is 431 g/mol. The summed E-state index contributed by atoms with van der Waals surface area (Å²) in [5.74, 6) is -0.619. The van der Waals surface area contributed by atoms with Gasteiger partial charge in [0.15, 0.2) is 0 Å². The number of nitrogens with zero attached hydrogens (tertiary/aromatic N) is 1. The molecule has 0 aromatic heterocycles. The molecule has 29 heavy (non-hydrogen) atoms. The number of amides is 1. The van der Waals surface area contributed by atoms with Crippen LogP contribution in [0.5, 0.6) is 5.75 Å². The molecule has 0 radical (unpaired) electrons. The van der Waals surface area contributed by atoms with Crippen LogP contribution in [-0.2, 0) is 21.4 Å². The van der Waals surface area contributed by atoms with Crippen LogP contribution in [0.25, 0.3) is 0 Å². The molecule has 0 atom stereocenters. The predicted molar refractivity (Wildman–Crippen MR) is 101 cm³/mol. The van der Waals surface area contributed by atoms with E-state index in [9.17, 15) is 26.4 Å². The fraction of sp³-hybridized carbons (Fsp3) is 0.278. The number of para-hydroxylation sites is 1. The molecule has 0 heterocycles. The Balaban J connectivity index is 1.88. The second kappa shape index (κ2) is 9.25. The van der Waals surface area contributed by atoms with E-state index in [1.807, 2.05) is 0 Å². The van der Waals surface area contributed by atoms with Crippen LogP contribution in [-0.4, -0.2) is 39.2 Å². The smallest absolute Gasteiger partial charge is 0.405 e. The summed E-state index contributed by atoms with van der Waals surface area (Å²) >= 11 is 0. The van der Waals surface area contributed by atoms with Crippen LogP contribution in [0.4, 0.5) is 18.9 Å². The van der Waals surface area contributed by atoms with Gasteiger partial charge in [-0.2, -0.15) is 0 Å². The van der Waals surface area contributed by atoms with Crippen LogP contribution < -0.4 is 15.2 Å². The topological polar surface area (TPSA) is 102 Å². The van der Waals surface area contributed by atoms with E-state index in [2.05, 4.69) is 10.1 Å². The maximum atomic E-state index is 12.5. The SMILES string of the molecule is CN(CCC(=O)Nc1ccc(S(N)(=O)=O)cc1)Cc1ccccc1OC(F)(F)F. The first-order valence-electron chi connectivity index (χ1n) is 8.39. The van der Waals surface area contributed by atoms with Gasteiger partial charge in [-0.05, 0) is 37.4 Å². The minimum atomic E-state index is -4.78. The number of alkyl halides is 3. The van der Waals surface area contributed by atoms with Crippen molar-refractivity contribution in [3.05, 3.63) is 54.1 Å². The second-order valence-electron chi connectivity index (χ2n) is 6.26. The molecule has 0 aliphatic carbocycles. The Hall–Kier alpha value is -2.63. The number of halogens is 3. The van der Waals surface area contributed by atoms with Crippen molar-refractivity contribution in [1.82, 2.24) is 4.90 Å². The number of primary sulfonamides is 1. The van der Waals surface area contributed by atoms with E-state index in [0.717, 1.165) is 0 Å². The van der Waals surface area contributed by atoms with Crippen LogP contribution in [0.3, 0.4) is 0 Å². The summed E-state index contributed by atoms with van der Waals surface area (Å²) in [6.07, 6.45) is -4.71. The number of rotatable bonds is 8. The van der Waals surface area contributed by atoms with Crippen LogP contribution in [0, 0.1) is 0 Å². The molecule has 0 spiro atoms. The average Bonchev–Trinajstić information content (AvgIpc) is 2.60. The molecule has 11 heteroatoms. The lowest BCUT2D eigenvalue weighted by Crippen LogP contribution is -2.25. The number of ether oxygens (including phenoxy) is 1. The highest BCUT2D eigenvalue weighted by atomic mass is 32.2. The van der Waals surface area contributed by atoms with Crippen LogP contribution >= 0.6 is 0 Å². The minimum absolute atomic E-state index is 0.0741. The molecule has 158 valence electrons. The van der Waals surface area contributed by atoms with Crippen molar-refractivity contribution in [1.29, 1.82) is 0 Å². The molecule has 2 aromatic carbocycles. The van der Waals surface area contributed by atoms with Crippen molar-refractivity contribution in [2.45, 2.75) is 24.2 Å². The lowest BCUT2D eigenvalue weighted by Gasteiger charge is -2.19. The molecule has 0 bridgehead atoms. The van der Waals surface area contributed by atoms with E-state index in [0.29, 0.717) is 11.3 Å². The summed E-state index contributed by atoms with van der Waals surface area (Å²) in [6, 6.07) is 11.2. The Labute approximate surface area is 166 Å². The number of anilines is 1. The van der Waals surface area contributed by atoms with Gasteiger partial charge in [0.25, 0.3) is 0 Å². The number of hydrogen-bond donors (Lipinski definition) is 2. The van der Waals surface area contributed by atoms with Gasteiger partial charge in [-0.25, -0.2) is 13.6 Å². The highest BCUT2D eigenvalue weighted by Gasteiger charge is 2.32. The van der Waals surface area contributed by atoms with E-state index in [1.54, 1.807) is 18.0 Å². The summed E-state index contributed by atoms with van der Waals surface area (Å²) in [6.45, 7) is 0.435. The summed E-state index contributed by atoms with van der Waals surface area (Å²) in [4.78, 5) is 13.7. The highest BCUT2D eigenvalue weighted by molar-refractivity contribution is 7.89. The summed E-state index contributed by atoms with van der Waals surface area (Å²) in [5, 5.41) is 7.61. The number of carbonyl (C=O) groups excluding carboxylic acids is 1. The number of hydrogen-bond acceptors (Lipinski definition) is 5. The Morgan fingerprint density at radius 3 is 2.34 bits per heavy atom. The van der Waals surface area contributed by atoms with Gasteiger partial charge in [0.1, 0.15) is 5.75 Å². The van der Waals surface area contributed by atoms with Gasteiger partial charge in [-0.15, -0.1) is 13.2 Å². The molecule has 2 rings (SSSR count). The van der Waals surface area contributed by atoms with Gasteiger partial charge in [0, 0.05) is 30.8 Å². The quantitative estimate of drug-likeness (QED) is 0.669. The first kappa shape index (κ1) is 22.7. The van der Waals surface area contributed by atoms with Crippen molar-refractivity contribution in [3.8, 4) is 5.75 Å². The lowest BCUT2D eigenvalue weighted by atomic mass is 10.2. The maximum Gasteiger partial charge on any atom is 0.573 e. The third kappa shape index (κ3) is 7.72. The molecule has 3 N–H and O–H groups in total. The molecule has 1 amide bonds. The van der Waals surface area contributed by atoms with Crippen LogP contribution in [0.15, 0.2) is 53.4 Å². The molecule has 7 nitrogen and oxygen atoms in total. The monoisotopic (exact) mass is 431 g/mol. The number of carbonyl (C=O) groups is 1. The number of sulfonamides is 1. The predicted octanol–water partition coefficient (Wildman–Crippen LogP) is 2.69. The summed E-state index contributed by atoms with van der Waals surface area (Å²) in [7, 11) is -2.15. The second-order valence-corrected chi connectivity index (χ2v) is 7.82. The minimum Gasteiger partial charge on any atom is -0.405 e. The zero-order chi connectivity index (χ0) is 21.7. The molecule has 0 unspecified atom stereocenters. The van der Waals surface area contributed by atoms with E-state index in [1.165, 1.54) is 42.5 Å². The van der Waals surface area contributed by atoms with Crippen molar-refractivity contribution in [3.63, 3.8) is 0 Å². The van der Waals surface area contributed by atoms with E-state index in [4.69, 9.17) is 5.14 Å². The highest BCUT2D eigenvalue weighted by Crippen LogP contribution is 2.27. The molecule has 0 aliphatic heterocycles. The molecular weight excluding hydrogens is 411 g/mol. The third-order valence-corrected chi connectivity index (χ3v) is 4.75. The maximum absolute atomic E-state index is 12.5. The molecule has 2 aromatic rings. The molecular formula is C18H20F3N3O4S. The molecule has 0 fully saturated rings. The zero-order valence-electron chi connectivity index (χ0n) is 15.4. The summed E-state index contributed by atoms with van der Waals surface area (Å²) in [5.41, 5.74) is 0.736. The number of nitrogens with two attached hydrogens (primary N) is 1. The number of benzene rings is 2. The van der Waals surface area contributed by atoms with Crippen molar-refractivity contribution in [2.24, 2.45) is 5.14 Å². The summed E-state index contributed by atoms with van der Waals surface area (Å²) < 4.78 is 63.9. The van der Waals surface area contributed by atoms with Gasteiger partial charge >= 0.3 is 6.36 Å². The standard InChI is InChI=1S/C18H20F3N3O4S/c1-24(12-13-4-2-3-5-16(13)28-18(19,20)21)11-10-17(25)23-14-6-8-15(9-7-14)29(22,26)27/h2-9H,10-12H2,1H3,(H,23,25)(H2,22,26,27).